The lowest BCUT2D eigenvalue weighted by molar-refractivity contribution is 0.0868. The zero-order valence-corrected chi connectivity index (χ0v) is 11.6. The van der Waals surface area contributed by atoms with Gasteiger partial charge >= 0.3 is 0 Å². The van der Waals surface area contributed by atoms with E-state index in [2.05, 4.69) is 19.9 Å². The van der Waals surface area contributed by atoms with E-state index >= 15 is 0 Å². The molecule has 1 aliphatic carbocycles. The molecule has 0 aliphatic heterocycles. The minimum Gasteiger partial charge on any atom is -0.493 e. The predicted octanol–water partition coefficient (Wildman–Crippen LogP) is 3.86. The molecule has 2 heteroatoms. The van der Waals surface area contributed by atoms with Crippen LogP contribution in [0.4, 0.5) is 0 Å². The smallest absolute Gasteiger partial charge is 0.125 e. The van der Waals surface area contributed by atoms with E-state index < -0.39 is 0 Å². The molecule has 1 aliphatic rings. The summed E-state index contributed by atoms with van der Waals surface area (Å²) in [5.74, 6) is 1.83. The zero-order valence-electron chi connectivity index (χ0n) is 11.6. The molecule has 2 nitrogen and oxygen atoms in total. The fourth-order valence-corrected chi connectivity index (χ4v) is 3.06. The lowest BCUT2D eigenvalue weighted by Gasteiger charge is -2.24. The normalized spacial score (nSPS) is 25.1. The van der Waals surface area contributed by atoms with E-state index in [1.54, 1.807) is 0 Å². The standard InChI is InChI=1S/C16H24O2/c1-4-18-15-9-8-11(2)10-14(15)16(17)13-7-5-6-12(13)3/h8-10,12-13,16-17H,4-7H2,1-3H3. The molecule has 1 saturated carbocycles. The Hall–Kier alpha value is -1.02. The lowest BCUT2D eigenvalue weighted by Crippen LogP contribution is -2.16. The van der Waals surface area contributed by atoms with Crippen LogP contribution in [0, 0.1) is 18.8 Å². The molecule has 2 rings (SSSR count). The number of aliphatic hydroxyl groups is 1. The van der Waals surface area contributed by atoms with Crippen molar-refractivity contribution in [2.45, 2.75) is 46.1 Å². The summed E-state index contributed by atoms with van der Waals surface area (Å²) in [5.41, 5.74) is 2.15. The Kier molecular flexibility index (Phi) is 4.28. The Labute approximate surface area is 110 Å². The quantitative estimate of drug-likeness (QED) is 0.876. The van der Waals surface area contributed by atoms with Gasteiger partial charge in [-0.15, -0.1) is 0 Å². The van der Waals surface area contributed by atoms with E-state index in [4.69, 9.17) is 4.74 Å². The van der Waals surface area contributed by atoms with E-state index in [1.165, 1.54) is 18.4 Å². The third-order valence-corrected chi connectivity index (χ3v) is 4.12. The summed E-state index contributed by atoms with van der Waals surface area (Å²) in [6.45, 7) is 6.93. The van der Waals surface area contributed by atoms with Crippen LogP contribution in [-0.4, -0.2) is 11.7 Å². The van der Waals surface area contributed by atoms with Gasteiger partial charge in [0.1, 0.15) is 5.75 Å². The highest BCUT2D eigenvalue weighted by Gasteiger charge is 2.32. The van der Waals surface area contributed by atoms with Crippen molar-refractivity contribution in [3.8, 4) is 5.75 Å². The van der Waals surface area contributed by atoms with Gasteiger partial charge in [0, 0.05) is 5.56 Å². The summed E-state index contributed by atoms with van der Waals surface area (Å²) in [4.78, 5) is 0. The monoisotopic (exact) mass is 248 g/mol. The topological polar surface area (TPSA) is 29.5 Å². The highest BCUT2D eigenvalue weighted by atomic mass is 16.5. The highest BCUT2D eigenvalue weighted by molar-refractivity contribution is 5.39. The van der Waals surface area contributed by atoms with Crippen molar-refractivity contribution in [1.29, 1.82) is 0 Å². The number of aryl methyl sites for hydroxylation is 1. The van der Waals surface area contributed by atoms with Gasteiger partial charge in [-0.1, -0.05) is 31.4 Å². The van der Waals surface area contributed by atoms with Crippen molar-refractivity contribution in [2.75, 3.05) is 6.61 Å². The van der Waals surface area contributed by atoms with E-state index in [-0.39, 0.29) is 6.10 Å². The second-order valence-corrected chi connectivity index (χ2v) is 5.49. The fraction of sp³-hybridized carbons (Fsp3) is 0.625. The number of hydrogen-bond donors (Lipinski definition) is 1. The van der Waals surface area contributed by atoms with E-state index in [0.29, 0.717) is 18.4 Å². The molecule has 0 radical (unpaired) electrons. The van der Waals surface area contributed by atoms with Crippen molar-refractivity contribution < 1.29 is 9.84 Å². The molecular formula is C16H24O2. The largest absolute Gasteiger partial charge is 0.493 e. The number of aliphatic hydroxyl groups excluding tert-OH is 1. The van der Waals surface area contributed by atoms with Crippen molar-refractivity contribution in [2.24, 2.45) is 11.8 Å². The minimum absolute atomic E-state index is 0.381. The van der Waals surface area contributed by atoms with Crippen LogP contribution in [0.2, 0.25) is 0 Å². The van der Waals surface area contributed by atoms with Gasteiger partial charge < -0.3 is 9.84 Å². The summed E-state index contributed by atoms with van der Waals surface area (Å²) >= 11 is 0. The molecule has 3 atom stereocenters. The van der Waals surface area contributed by atoms with E-state index in [9.17, 15) is 5.11 Å². The number of rotatable bonds is 4. The van der Waals surface area contributed by atoms with Crippen LogP contribution >= 0.6 is 0 Å². The van der Waals surface area contributed by atoms with Gasteiger partial charge in [-0.05, 0) is 44.2 Å². The average Bonchev–Trinajstić information content (AvgIpc) is 2.77. The van der Waals surface area contributed by atoms with Gasteiger partial charge in [-0.25, -0.2) is 0 Å². The molecule has 100 valence electrons. The SMILES string of the molecule is CCOc1ccc(C)cc1C(O)C1CCCC1C. The Morgan fingerprint density at radius 2 is 2.17 bits per heavy atom. The number of ether oxygens (including phenoxy) is 1. The predicted molar refractivity (Wildman–Crippen MR) is 73.8 cm³/mol. The molecule has 0 spiro atoms. The molecule has 1 N–H and O–H groups in total. The molecule has 0 amide bonds. The summed E-state index contributed by atoms with van der Waals surface area (Å²) in [6, 6.07) is 6.09. The zero-order chi connectivity index (χ0) is 13.1. The first-order chi connectivity index (χ1) is 8.63. The van der Waals surface area contributed by atoms with E-state index in [0.717, 1.165) is 17.7 Å². The van der Waals surface area contributed by atoms with Crippen LogP contribution in [0.5, 0.6) is 5.75 Å². The van der Waals surface area contributed by atoms with Crippen molar-refractivity contribution in [1.82, 2.24) is 0 Å². The van der Waals surface area contributed by atoms with Crippen LogP contribution < -0.4 is 4.74 Å². The first-order valence-electron chi connectivity index (χ1n) is 7.05. The number of benzene rings is 1. The van der Waals surface area contributed by atoms with Gasteiger partial charge in [0.2, 0.25) is 0 Å². The first-order valence-corrected chi connectivity index (χ1v) is 7.05. The molecule has 18 heavy (non-hydrogen) atoms. The van der Waals surface area contributed by atoms with Crippen LogP contribution in [0.3, 0.4) is 0 Å². The van der Waals surface area contributed by atoms with Gasteiger partial charge in [0.05, 0.1) is 12.7 Å². The molecular weight excluding hydrogens is 224 g/mol. The summed E-state index contributed by atoms with van der Waals surface area (Å²) in [6.07, 6.45) is 3.21. The summed E-state index contributed by atoms with van der Waals surface area (Å²) < 4.78 is 5.65. The van der Waals surface area contributed by atoms with Crippen LogP contribution in [0.1, 0.15) is 50.3 Å². The fourth-order valence-electron chi connectivity index (χ4n) is 3.06. The highest BCUT2D eigenvalue weighted by Crippen LogP contribution is 2.42. The van der Waals surface area contributed by atoms with Crippen LogP contribution in [0.15, 0.2) is 18.2 Å². The van der Waals surface area contributed by atoms with Crippen molar-refractivity contribution in [3.05, 3.63) is 29.3 Å². The molecule has 0 bridgehead atoms. The minimum atomic E-state index is -0.385. The number of hydrogen-bond acceptors (Lipinski definition) is 2. The van der Waals surface area contributed by atoms with Gasteiger partial charge in [-0.2, -0.15) is 0 Å². The Morgan fingerprint density at radius 1 is 1.39 bits per heavy atom. The molecule has 1 aromatic carbocycles. The van der Waals surface area contributed by atoms with Gasteiger partial charge in [0.15, 0.2) is 0 Å². The van der Waals surface area contributed by atoms with Gasteiger partial charge in [-0.3, -0.25) is 0 Å². The second kappa shape index (κ2) is 5.75. The van der Waals surface area contributed by atoms with Crippen LogP contribution in [0.25, 0.3) is 0 Å². The van der Waals surface area contributed by atoms with Gasteiger partial charge in [0.25, 0.3) is 0 Å². The maximum absolute atomic E-state index is 10.6. The molecule has 0 heterocycles. The Morgan fingerprint density at radius 3 is 2.78 bits per heavy atom. The second-order valence-electron chi connectivity index (χ2n) is 5.49. The van der Waals surface area contributed by atoms with E-state index in [1.807, 2.05) is 19.1 Å². The lowest BCUT2D eigenvalue weighted by atomic mass is 9.87. The average molecular weight is 248 g/mol. The van der Waals surface area contributed by atoms with Crippen LogP contribution in [-0.2, 0) is 0 Å². The molecule has 1 fully saturated rings. The summed E-state index contributed by atoms with van der Waals surface area (Å²) in [5, 5.41) is 10.6. The third kappa shape index (κ3) is 2.69. The third-order valence-electron chi connectivity index (χ3n) is 4.12. The Bertz CT molecular complexity index is 400. The molecule has 0 saturated heterocycles. The maximum Gasteiger partial charge on any atom is 0.125 e. The first kappa shape index (κ1) is 13.4. The molecule has 0 aromatic heterocycles. The Balaban J connectivity index is 2.27. The van der Waals surface area contributed by atoms with Crippen molar-refractivity contribution >= 4 is 0 Å². The molecule has 3 unspecified atom stereocenters. The van der Waals surface area contributed by atoms with Crippen molar-refractivity contribution in [3.63, 3.8) is 0 Å². The molecule has 1 aromatic rings. The maximum atomic E-state index is 10.6. The summed E-state index contributed by atoms with van der Waals surface area (Å²) in [7, 11) is 0.